The summed E-state index contributed by atoms with van der Waals surface area (Å²) < 4.78 is 0. The van der Waals surface area contributed by atoms with Crippen LogP contribution in [0.3, 0.4) is 0 Å². The smallest absolute Gasteiger partial charge is 0.236 e. The lowest BCUT2D eigenvalue weighted by atomic mass is 10.1. The Balaban J connectivity index is 1.20. The fourth-order valence-corrected chi connectivity index (χ4v) is 4.15. The molecule has 0 aliphatic carbocycles. The van der Waals surface area contributed by atoms with E-state index in [1.807, 2.05) is 29.3 Å². The third-order valence-electron chi connectivity index (χ3n) is 6.08. The van der Waals surface area contributed by atoms with E-state index in [-0.39, 0.29) is 5.91 Å². The molecular formula is C23H31N5O. The van der Waals surface area contributed by atoms with Crippen LogP contribution in [0, 0.1) is 6.92 Å². The summed E-state index contributed by atoms with van der Waals surface area (Å²) in [5.74, 6) is 1.27. The lowest BCUT2D eigenvalue weighted by Gasteiger charge is -2.38. The minimum absolute atomic E-state index is 0.262. The second kappa shape index (κ2) is 9.37. The topological polar surface area (TPSA) is 42.9 Å². The van der Waals surface area contributed by atoms with E-state index in [9.17, 15) is 4.79 Å². The van der Waals surface area contributed by atoms with Crippen LogP contribution in [-0.2, 0) is 11.3 Å². The highest BCUT2D eigenvalue weighted by Crippen LogP contribution is 2.14. The molecule has 0 spiro atoms. The van der Waals surface area contributed by atoms with Gasteiger partial charge in [-0.1, -0.05) is 30.3 Å². The molecule has 1 aromatic carbocycles. The van der Waals surface area contributed by atoms with Crippen LogP contribution in [0.4, 0.5) is 5.82 Å². The van der Waals surface area contributed by atoms with E-state index in [1.54, 1.807) is 0 Å². The molecule has 29 heavy (non-hydrogen) atoms. The predicted molar refractivity (Wildman–Crippen MR) is 116 cm³/mol. The number of pyridine rings is 1. The lowest BCUT2D eigenvalue weighted by molar-refractivity contribution is -0.133. The average molecular weight is 394 g/mol. The Hall–Kier alpha value is -2.44. The summed E-state index contributed by atoms with van der Waals surface area (Å²) >= 11 is 0. The summed E-state index contributed by atoms with van der Waals surface area (Å²) in [6.45, 7) is 11.0. The average Bonchev–Trinajstić information content (AvgIpc) is 2.77. The van der Waals surface area contributed by atoms with Gasteiger partial charge in [-0.2, -0.15) is 0 Å². The maximum atomic E-state index is 12.8. The van der Waals surface area contributed by atoms with Crippen molar-refractivity contribution in [1.29, 1.82) is 0 Å². The summed E-state index contributed by atoms with van der Waals surface area (Å²) in [6, 6.07) is 14.6. The maximum Gasteiger partial charge on any atom is 0.236 e. The van der Waals surface area contributed by atoms with E-state index < -0.39 is 0 Å². The molecule has 1 aromatic heterocycles. The molecular weight excluding hydrogens is 362 g/mol. The van der Waals surface area contributed by atoms with Gasteiger partial charge in [0.05, 0.1) is 6.54 Å². The quantitative estimate of drug-likeness (QED) is 0.776. The summed E-state index contributed by atoms with van der Waals surface area (Å²) in [4.78, 5) is 26.3. The van der Waals surface area contributed by atoms with Gasteiger partial charge in [0.1, 0.15) is 5.82 Å². The number of rotatable bonds is 5. The minimum atomic E-state index is 0.262. The number of amides is 1. The van der Waals surface area contributed by atoms with Crippen molar-refractivity contribution in [3.05, 3.63) is 59.8 Å². The molecule has 0 bridgehead atoms. The number of aryl methyl sites for hydroxylation is 1. The van der Waals surface area contributed by atoms with Crippen LogP contribution in [0.2, 0.25) is 0 Å². The minimum Gasteiger partial charge on any atom is -0.353 e. The van der Waals surface area contributed by atoms with E-state index in [0.717, 1.165) is 64.7 Å². The predicted octanol–water partition coefficient (Wildman–Crippen LogP) is 1.86. The Bertz CT molecular complexity index is 796. The van der Waals surface area contributed by atoms with Crippen LogP contribution in [0.5, 0.6) is 0 Å². The number of aromatic nitrogens is 1. The van der Waals surface area contributed by atoms with E-state index in [2.05, 4.69) is 50.9 Å². The number of carbonyl (C=O) groups is 1. The van der Waals surface area contributed by atoms with E-state index in [4.69, 9.17) is 0 Å². The second-order valence-corrected chi connectivity index (χ2v) is 8.03. The van der Waals surface area contributed by atoms with Gasteiger partial charge in [0, 0.05) is 65.1 Å². The van der Waals surface area contributed by atoms with Crippen molar-refractivity contribution in [3.8, 4) is 0 Å². The number of benzene rings is 1. The van der Waals surface area contributed by atoms with Gasteiger partial charge >= 0.3 is 0 Å². The van der Waals surface area contributed by atoms with Crippen LogP contribution in [0.25, 0.3) is 0 Å². The molecule has 154 valence electrons. The number of nitrogens with zero attached hydrogens (tertiary/aromatic N) is 5. The lowest BCUT2D eigenvalue weighted by Crippen LogP contribution is -2.53. The largest absolute Gasteiger partial charge is 0.353 e. The normalized spacial score (nSPS) is 18.8. The van der Waals surface area contributed by atoms with Gasteiger partial charge in [-0.3, -0.25) is 14.6 Å². The summed E-state index contributed by atoms with van der Waals surface area (Å²) in [5, 5.41) is 0. The fraction of sp³-hybridized carbons (Fsp3) is 0.478. The molecule has 6 heteroatoms. The molecule has 0 N–H and O–H groups in total. The molecule has 0 radical (unpaired) electrons. The third kappa shape index (κ3) is 5.14. The molecule has 0 saturated carbocycles. The zero-order chi connectivity index (χ0) is 20.1. The Morgan fingerprint density at radius 3 is 2.24 bits per heavy atom. The van der Waals surface area contributed by atoms with Crippen molar-refractivity contribution in [2.75, 3.05) is 63.8 Å². The molecule has 2 aromatic rings. The zero-order valence-corrected chi connectivity index (χ0v) is 17.3. The Kier molecular flexibility index (Phi) is 6.42. The highest BCUT2D eigenvalue weighted by Gasteiger charge is 2.25. The van der Waals surface area contributed by atoms with Gasteiger partial charge in [-0.05, 0) is 30.2 Å². The molecule has 6 nitrogen and oxygen atoms in total. The zero-order valence-electron chi connectivity index (χ0n) is 17.3. The first-order valence-electron chi connectivity index (χ1n) is 10.6. The van der Waals surface area contributed by atoms with Gasteiger partial charge < -0.3 is 9.80 Å². The van der Waals surface area contributed by atoms with Crippen molar-refractivity contribution in [3.63, 3.8) is 0 Å². The molecule has 2 saturated heterocycles. The first kappa shape index (κ1) is 19.9. The second-order valence-electron chi connectivity index (χ2n) is 8.03. The van der Waals surface area contributed by atoms with Crippen molar-refractivity contribution in [2.45, 2.75) is 13.5 Å². The standard InChI is InChI=1S/C23H31N5O/c1-20-6-2-3-7-21(20)18-25-10-12-26(13-11-25)19-23(29)28-16-14-27(15-17-28)22-8-4-5-9-24-22/h2-9H,10-19H2,1H3. The molecule has 4 rings (SSSR count). The number of carbonyl (C=O) groups excluding carboxylic acids is 1. The van der Waals surface area contributed by atoms with Crippen LogP contribution in [0.15, 0.2) is 48.7 Å². The number of piperazine rings is 2. The van der Waals surface area contributed by atoms with Crippen LogP contribution in [0.1, 0.15) is 11.1 Å². The first-order valence-corrected chi connectivity index (χ1v) is 10.6. The molecule has 0 unspecified atom stereocenters. The Morgan fingerprint density at radius 1 is 0.862 bits per heavy atom. The van der Waals surface area contributed by atoms with Crippen molar-refractivity contribution in [2.24, 2.45) is 0 Å². The first-order chi connectivity index (χ1) is 14.2. The van der Waals surface area contributed by atoms with Crippen LogP contribution in [-0.4, -0.2) is 84.5 Å². The van der Waals surface area contributed by atoms with E-state index in [0.29, 0.717) is 6.54 Å². The maximum absolute atomic E-state index is 12.8. The Morgan fingerprint density at radius 2 is 1.55 bits per heavy atom. The van der Waals surface area contributed by atoms with Gasteiger partial charge in [0.25, 0.3) is 0 Å². The summed E-state index contributed by atoms with van der Waals surface area (Å²) in [6.07, 6.45) is 1.83. The van der Waals surface area contributed by atoms with Crippen molar-refractivity contribution >= 4 is 11.7 Å². The molecule has 2 fully saturated rings. The fourth-order valence-electron chi connectivity index (χ4n) is 4.15. The molecule has 3 heterocycles. The monoisotopic (exact) mass is 393 g/mol. The number of hydrogen-bond donors (Lipinski definition) is 0. The molecule has 2 aliphatic rings. The SMILES string of the molecule is Cc1ccccc1CN1CCN(CC(=O)N2CCN(c3ccccn3)CC2)CC1. The van der Waals surface area contributed by atoms with Gasteiger partial charge in [0.2, 0.25) is 5.91 Å². The number of hydrogen-bond acceptors (Lipinski definition) is 5. The van der Waals surface area contributed by atoms with Crippen LogP contribution >= 0.6 is 0 Å². The van der Waals surface area contributed by atoms with E-state index in [1.165, 1.54) is 11.1 Å². The highest BCUT2D eigenvalue weighted by atomic mass is 16.2. The molecule has 2 aliphatic heterocycles. The van der Waals surface area contributed by atoms with Crippen LogP contribution < -0.4 is 4.90 Å². The number of anilines is 1. The molecule has 0 atom stereocenters. The van der Waals surface area contributed by atoms with Gasteiger partial charge in [-0.25, -0.2) is 4.98 Å². The van der Waals surface area contributed by atoms with E-state index >= 15 is 0 Å². The van der Waals surface area contributed by atoms with Gasteiger partial charge in [0.15, 0.2) is 0 Å². The Labute approximate surface area is 173 Å². The molecule has 1 amide bonds. The highest BCUT2D eigenvalue weighted by molar-refractivity contribution is 5.78. The van der Waals surface area contributed by atoms with Crippen molar-refractivity contribution < 1.29 is 4.79 Å². The summed E-state index contributed by atoms with van der Waals surface area (Å²) in [7, 11) is 0. The van der Waals surface area contributed by atoms with Gasteiger partial charge in [-0.15, -0.1) is 0 Å². The summed E-state index contributed by atoms with van der Waals surface area (Å²) in [5.41, 5.74) is 2.76. The third-order valence-corrected chi connectivity index (χ3v) is 6.08. The van der Waals surface area contributed by atoms with Crippen molar-refractivity contribution in [1.82, 2.24) is 19.7 Å².